The number of aromatic nitrogens is 2. The summed E-state index contributed by atoms with van der Waals surface area (Å²) >= 11 is 5.63. The molecule has 1 heterocycles. The van der Waals surface area contributed by atoms with Crippen LogP contribution in [0.5, 0.6) is 5.75 Å². The Morgan fingerprint density at radius 1 is 1.29 bits per heavy atom. The zero-order chi connectivity index (χ0) is 12.3. The number of hydrogen-bond acceptors (Lipinski definition) is 3. The van der Waals surface area contributed by atoms with Gasteiger partial charge in [0.2, 0.25) is 0 Å². The molecule has 0 atom stereocenters. The first-order valence-electron chi connectivity index (χ1n) is 5.11. The van der Waals surface area contributed by atoms with Crippen molar-refractivity contribution in [3.05, 3.63) is 41.6 Å². The number of ether oxygens (including phenoxy) is 1. The first-order chi connectivity index (χ1) is 8.20. The lowest BCUT2D eigenvalue weighted by atomic mass is 10.1. The lowest BCUT2D eigenvalue weighted by molar-refractivity contribution is 0.321. The van der Waals surface area contributed by atoms with Crippen molar-refractivity contribution in [2.24, 2.45) is 0 Å². The van der Waals surface area contributed by atoms with E-state index < -0.39 is 5.82 Å². The molecule has 2 aromatic rings. The zero-order valence-corrected chi connectivity index (χ0v) is 9.91. The van der Waals surface area contributed by atoms with Crippen LogP contribution >= 0.6 is 11.6 Å². The number of halogens is 2. The van der Waals surface area contributed by atoms with Crippen LogP contribution < -0.4 is 4.74 Å². The molecule has 0 aliphatic heterocycles. The second-order valence-corrected chi connectivity index (χ2v) is 3.69. The van der Waals surface area contributed by atoms with E-state index in [4.69, 9.17) is 16.3 Å². The Morgan fingerprint density at radius 3 is 2.71 bits per heavy atom. The number of rotatable bonds is 3. The summed E-state index contributed by atoms with van der Waals surface area (Å²) in [5.74, 6) is -0.181. The molecule has 0 amide bonds. The molecule has 0 aliphatic rings. The summed E-state index contributed by atoms with van der Waals surface area (Å²) in [4.78, 5) is 7.96. The zero-order valence-electron chi connectivity index (χ0n) is 9.15. The molecule has 0 saturated carbocycles. The van der Waals surface area contributed by atoms with Crippen LogP contribution in [-0.4, -0.2) is 16.6 Å². The molecule has 1 aromatic heterocycles. The molecule has 5 heteroatoms. The highest BCUT2D eigenvalue weighted by Crippen LogP contribution is 2.24. The van der Waals surface area contributed by atoms with Gasteiger partial charge in [-0.25, -0.2) is 9.37 Å². The number of benzene rings is 1. The van der Waals surface area contributed by atoms with Crippen LogP contribution in [0.4, 0.5) is 4.39 Å². The van der Waals surface area contributed by atoms with Gasteiger partial charge < -0.3 is 4.74 Å². The molecule has 0 unspecified atom stereocenters. The maximum absolute atomic E-state index is 13.6. The minimum atomic E-state index is -0.416. The van der Waals surface area contributed by atoms with Gasteiger partial charge >= 0.3 is 0 Å². The van der Waals surface area contributed by atoms with E-state index in [-0.39, 0.29) is 5.75 Å². The number of hydrogen-bond donors (Lipinski definition) is 0. The molecule has 0 fully saturated rings. The van der Waals surface area contributed by atoms with E-state index in [0.717, 1.165) is 0 Å². The fraction of sp³-hybridized carbons (Fsp3) is 0.167. The minimum absolute atomic E-state index is 0.234. The molecular formula is C12H10ClFN2O. The van der Waals surface area contributed by atoms with Crippen LogP contribution in [0.2, 0.25) is 5.15 Å². The Morgan fingerprint density at radius 2 is 2.12 bits per heavy atom. The first kappa shape index (κ1) is 11.8. The van der Waals surface area contributed by atoms with Crippen molar-refractivity contribution >= 4 is 11.6 Å². The third-order valence-electron chi connectivity index (χ3n) is 2.15. The highest BCUT2D eigenvalue weighted by Gasteiger charge is 2.06. The largest absolute Gasteiger partial charge is 0.491 e. The summed E-state index contributed by atoms with van der Waals surface area (Å²) in [6.07, 6.45) is 2.92. The van der Waals surface area contributed by atoms with E-state index in [2.05, 4.69) is 9.97 Å². The predicted molar refractivity (Wildman–Crippen MR) is 63.6 cm³/mol. The van der Waals surface area contributed by atoms with Gasteiger partial charge in [-0.15, -0.1) is 0 Å². The van der Waals surface area contributed by atoms with Gasteiger partial charge in [-0.3, -0.25) is 4.98 Å². The molecule has 88 valence electrons. The lowest BCUT2D eigenvalue weighted by Crippen LogP contribution is -1.95. The van der Waals surface area contributed by atoms with Crippen molar-refractivity contribution in [3.8, 4) is 17.0 Å². The van der Waals surface area contributed by atoms with Crippen molar-refractivity contribution in [1.29, 1.82) is 0 Å². The van der Waals surface area contributed by atoms with Crippen molar-refractivity contribution < 1.29 is 9.13 Å². The van der Waals surface area contributed by atoms with Crippen molar-refractivity contribution in [1.82, 2.24) is 9.97 Å². The summed E-state index contributed by atoms with van der Waals surface area (Å²) in [5.41, 5.74) is 1.20. The maximum atomic E-state index is 13.6. The van der Waals surface area contributed by atoms with Gasteiger partial charge in [-0.2, -0.15) is 0 Å². The summed E-state index contributed by atoms with van der Waals surface area (Å²) in [7, 11) is 0. The summed E-state index contributed by atoms with van der Waals surface area (Å²) < 4.78 is 18.7. The number of nitrogens with zero attached hydrogens (tertiary/aromatic N) is 2. The first-order valence-corrected chi connectivity index (χ1v) is 5.48. The Kier molecular flexibility index (Phi) is 3.54. The van der Waals surface area contributed by atoms with Gasteiger partial charge in [0.15, 0.2) is 11.6 Å². The molecule has 2 rings (SSSR count). The summed E-state index contributed by atoms with van der Waals surface area (Å²) in [6.45, 7) is 2.23. The second kappa shape index (κ2) is 5.10. The van der Waals surface area contributed by atoms with Gasteiger partial charge in [0, 0.05) is 5.56 Å². The van der Waals surface area contributed by atoms with Crippen LogP contribution in [0.1, 0.15) is 6.92 Å². The molecule has 17 heavy (non-hydrogen) atoms. The molecule has 0 aliphatic carbocycles. The molecule has 0 radical (unpaired) electrons. The Balaban J connectivity index is 2.34. The predicted octanol–water partition coefficient (Wildman–Crippen LogP) is 3.33. The van der Waals surface area contributed by atoms with Crippen LogP contribution in [0.25, 0.3) is 11.3 Å². The van der Waals surface area contributed by atoms with Gasteiger partial charge in [0.1, 0.15) is 5.15 Å². The van der Waals surface area contributed by atoms with E-state index in [1.807, 2.05) is 0 Å². The molecule has 0 bridgehead atoms. The lowest BCUT2D eigenvalue weighted by Gasteiger charge is -2.06. The fourth-order valence-corrected chi connectivity index (χ4v) is 1.49. The Labute approximate surface area is 103 Å². The second-order valence-electron chi connectivity index (χ2n) is 3.30. The molecule has 3 nitrogen and oxygen atoms in total. The standard InChI is InChI=1S/C12H10ClFN2O/c1-2-17-11-4-3-8(5-9(11)14)10-6-16-12(13)7-15-10/h3-7H,2H2,1H3. The molecule has 0 spiro atoms. The molecule has 1 aromatic carbocycles. The minimum Gasteiger partial charge on any atom is -0.491 e. The van der Waals surface area contributed by atoms with Gasteiger partial charge in [-0.1, -0.05) is 11.6 Å². The third-order valence-corrected chi connectivity index (χ3v) is 2.34. The van der Waals surface area contributed by atoms with Crippen molar-refractivity contribution in [2.75, 3.05) is 6.61 Å². The topological polar surface area (TPSA) is 35.0 Å². The Hall–Kier alpha value is -1.68. The smallest absolute Gasteiger partial charge is 0.165 e. The van der Waals surface area contributed by atoms with Gasteiger partial charge in [0.05, 0.1) is 24.7 Å². The van der Waals surface area contributed by atoms with Crippen LogP contribution in [0.3, 0.4) is 0 Å². The SMILES string of the molecule is CCOc1ccc(-c2cnc(Cl)cn2)cc1F. The van der Waals surface area contributed by atoms with Crippen LogP contribution in [-0.2, 0) is 0 Å². The van der Waals surface area contributed by atoms with E-state index in [1.54, 1.807) is 19.1 Å². The third kappa shape index (κ3) is 2.71. The van der Waals surface area contributed by atoms with Gasteiger partial charge in [0.25, 0.3) is 0 Å². The monoisotopic (exact) mass is 252 g/mol. The highest BCUT2D eigenvalue weighted by atomic mass is 35.5. The summed E-state index contributed by atoms with van der Waals surface area (Å²) in [6, 6.07) is 4.67. The Bertz CT molecular complexity index is 516. The molecular weight excluding hydrogens is 243 g/mol. The maximum Gasteiger partial charge on any atom is 0.165 e. The normalized spacial score (nSPS) is 10.3. The van der Waals surface area contributed by atoms with E-state index in [1.165, 1.54) is 18.5 Å². The van der Waals surface area contributed by atoms with E-state index in [0.29, 0.717) is 23.0 Å². The van der Waals surface area contributed by atoms with Crippen LogP contribution in [0.15, 0.2) is 30.6 Å². The van der Waals surface area contributed by atoms with Crippen LogP contribution in [0, 0.1) is 5.82 Å². The van der Waals surface area contributed by atoms with Crippen molar-refractivity contribution in [3.63, 3.8) is 0 Å². The molecule has 0 N–H and O–H groups in total. The quantitative estimate of drug-likeness (QED) is 0.840. The van der Waals surface area contributed by atoms with E-state index in [9.17, 15) is 4.39 Å². The fourth-order valence-electron chi connectivity index (χ4n) is 1.39. The highest BCUT2D eigenvalue weighted by molar-refractivity contribution is 6.29. The van der Waals surface area contributed by atoms with E-state index >= 15 is 0 Å². The average Bonchev–Trinajstić information content (AvgIpc) is 2.33. The summed E-state index contributed by atoms with van der Waals surface area (Å²) in [5, 5.41) is 0.306. The average molecular weight is 253 g/mol. The van der Waals surface area contributed by atoms with Gasteiger partial charge in [-0.05, 0) is 25.1 Å². The molecule has 0 saturated heterocycles. The van der Waals surface area contributed by atoms with Crippen molar-refractivity contribution in [2.45, 2.75) is 6.92 Å².